The molecular weight excluding hydrogens is 555 g/mol. The molecule has 1 aromatic carbocycles. The predicted molar refractivity (Wildman–Crippen MR) is 152 cm³/mol. The first kappa shape index (κ1) is 31.6. The summed E-state index contributed by atoms with van der Waals surface area (Å²) in [5.41, 5.74) is -0.355. The molecule has 11 heteroatoms. The van der Waals surface area contributed by atoms with Crippen LogP contribution in [0.3, 0.4) is 0 Å². The van der Waals surface area contributed by atoms with E-state index >= 15 is 0 Å². The molecule has 1 aliphatic heterocycles. The molecule has 2 aliphatic rings. The van der Waals surface area contributed by atoms with E-state index in [9.17, 15) is 26.4 Å². The van der Waals surface area contributed by atoms with E-state index in [1.54, 1.807) is 26.8 Å². The van der Waals surface area contributed by atoms with Gasteiger partial charge >= 0.3 is 6.18 Å². The van der Waals surface area contributed by atoms with Crippen LogP contribution in [0.1, 0.15) is 93.8 Å². The lowest BCUT2D eigenvalue weighted by molar-refractivity contribution is -0.139. The molecule has 2 aromatic rings. The van der Waals surface area contributed by atoms with Crippen LogP contribution in [0.2, 0.25) is 0 Å². The van der Waals surface area contributed by atoms with Crippen LogP contribution in [-0.2, 0) is 27.5 Å². The zero-order chi connectivity index (χ0) is 30.0. The van der Waals surface area contributed by atoms with E-state index in [-0.39, 0.29) is 17.5 Å². The number of aromatic nitrogens is 1. The normalized spacial score (nSPS) is 18.0. The van der Waals surface area contributed by atoms with Crippen LogP contribution in [0, 0.1) is 12.8 Å². The first-order valence-corrected chi connectivity index (χ1v) is 16.0. The SMILES string of the molecule is CCC(C)(C)NS(=O)(=O)c1ccc(-c2cc(C(=O)NC3CCOCC3)c(C)n2CC2CCCCC2)cc1C(F)(F)F. The maximum atomic E-state index is 14.4. The fourth-order valence-corrected chi connectivity index (χ4v) is 7.41. The topological polar surface area (TPSA) is 89.4 Å². The highest BCUT2D eigenvalue weighted by Crippen LogP contribution is 2.39. The van der Waals surface area contributed by atoms with E-state index < -0.39 is 32.2 Å². The highest BCUT2D eigenvalue weighted by molar-refractivity contribution is 7.89. The lowest BCUT2D eigenvalue weighted by Crippen LogP contribution is -2.43. The minimum absolute atomic E-state index is 0.0259. The third-order valence-electron chi connectivity index (χ3n) is 8.50. The molecule has 4 rings (SSSR count). The average Bonchev–Trinajstić information content (AvgIpc) is 3.24. The van der Waals surface area contributed by atoms with Gasteiger partial charge in [0.25, 0.3) is 5.91 Å². The van der Waals surface area contributed by atoms with Gasteiger partial charge in [-0.05, 0) is 82.6 Å². The molecule has 2 heterocycles. The number of amides is 1. The van der Waals surface area contributed by atoms with Gasteiger partial charge < -0.3 is 14.6 Å². The Balaban J connectivity index is 1.78. The van der Waals surface area contributed by atoms with Gasteiger partial charge in [-0.1, -0.05) is 32.3 Å². The number of carbonyl (C=O) groups is 1. The number of hydrogen-bond donors (Lipinski definition) is 2. The summed E-state index contributed by atoms with van der Waals surface area (Å²) in [6.07, 6.45) is 2.30. The number of ether oxygens (including phenoxy) is 1. The zero-order valence-electron chi connectivity index (χ0n) is 24.4. The Bertz CT molecular complexity index is 1340. The quantitative estimate of drug-likeness (QED) is 0.348. The number of halogens is 3. The number of benzene rings is 1. The van der Waals surface area contributed by atoms with Crippen LogP contribution < -0.4 is 10.0 Å². The van der Waals surface area contributed by atoms with Gasteiger partial charge in [0, 0.05) is 42.7 Å². The molecule has 0 atom stereocenters. The van der Waals surface area contributed by atoms with Crippen molar-refractivity contribution in [3.8, 4) is 11.3 Å². The molecule has 2 fully saturated rings. The highest BCUT2D eigenvalue weighted by Gasteiger charge is 2.39. The summed E-state index contributed by atoms with van der Waals surface area (Å²) in [7, 11) is -4.46. The standard InChI is InChI=1S/C30H42F3N3O4S/c1-5-29(3,4)35-41(38,39)27-12-11-22(17-25(27)30(31,32)33)26-18-24(28(37)34-23-13-15-40-16-14-23)20(2)36(26)19-21-9-7-6-8-10-21/h11-12,17-18,21,23,35H,5-10,13-16,19H2,1-4H3,(H,34,37). The number of nitrogens with one attached hydrogen (secondary N) is 2. The van der Waals surface area contributed by atoms with Crippen LogP contribution in [0.25, 0.3) is 11.3 Å². The van der Waals surface area contributed by atoms with E-state index in [0.29, 0.717) is 61.9 Å². The van der Waals surface area contributed by atoms with E-state index in [0.717, 1.165) is 37.8 Å². The average molecular weight is 598 g/mol. The first-order chi connectivity index (χ1) is 19.2. The Morgan fingerprint density at radius 3 is 2.32 bits per heavy atom. The molecule has 0 bridgehead atoms. The number of sulfonamides is 1. The van der Waals surface area contributed by atoms with E-state index in [2.05, 4.69) is 10.0 Å². The third-order valence-corrected chi connectivity index (χ3v) is 10.3. The molecule has 1 aromatic heterocycles. The van der Waals surface area contributed by atoms with E-state index in [1.807, 2.05) is 11.5 Å². The smallest absolute Gasteiger partial charge is 0.381 e. The van der Waals surface area contributed by atoms with Crippen LogP contribution in [-0.4, -0.2) is 43.7 Å². The van der Waals surface area contributed by atoms with Gasteiger partial charge in [0.1, 0.15) is 0 Å². The summed E-state index contributed by atoms with van der Waals surface area (Å²) < 4.78 is 79.0. The van der Waals surface area contributed by atoms with Gasteiger partial charge in [-0.15, -0.1) is 0 Å². The Hall–Kier alpha value is -2.37. The number of carbonyl (C=O) groups excluding carboxylic acids is 1. The van der Waals surface area contributed by atoms with Gasteiger partial charge in [-0.2, -0.15) is 13.2 Å². The van der Waals surface area contributed by atoms with Gasteiger partial charge in [0.15, 0.2) is 0 Å². The van der Waals surface area contributed by atoms with Crippen molar-refractivity contribution in [3.63, 3.8) is 0 Å². The molecule has 2 N–H and O–H groups in total. The highest BCUT2D eigenvalue weighted by atomic mass is 32.2. The third kappa shape index (κ3) is 7.53. The van der Waals surface area contributed by atoms with Crippen molar-refractivity contribution >= 4 is 15.9 Å². The Labute approximate surface area is 241 Å². The number of alkyl halides is 3. The van der Waals surface area contributed by atoms with Gasteiger partial charge in [-0.3, -0.25) is 4.79 Å². The van der Waals surface area contributed by atoms with Crippen LogP contribution in [0.4, 0.5) is 13.2 Å². The van der Waals surface area contributed by atoms with Gasteiger partial charge in [0.05, 0.1) is 16.0 Å². The summed E-state index contributed by atoms with van der Waals surface area (Å²) >= 11 is 0. The van der Waals surface area contributed by atoms with Crippen LogP contribution in [0.15, 0.2) is 29.2 Å². The minimum atomic E-state index is -4.91. The fourth-order valence-electron chi connectivity index (χ4n) is 5.72. The van der Waals surface area contributed by atoms with Crippen molar-refractivity contribution in [2.45, 2.75) is 108 Å². The molecule has 0 radical (unpaired) electrons. The van der Waals surface area contributed by atoms with Crippen molar-refractivity contribution in [3.05, 3.63) is 41.1 Å². The molecule has 1 saturated heterocycles. The molecule has 0 unspecified atom stereocenters. The molecule has 1 saturated carbocycles. The maximum Gasteiger partial charge on any atom is 0.417 e. The molecule has 1 aliphatic carbocycles. The molecule has 1 amide bonds. The van der Waals surface area contributed by atoms with Gasteiger partial charge in [0.2, 0.25) is 10.0 Å². The summed E-state index contributed by atoms with van der Waals surface area (Å²) in [5.74, 6) is 0.0847. The Morgan fingerprint density at radius 2 is 1.71 bits per heavy atom. The van der Waals surface area contributed by atoms with Crippen molar-refractivity contribution < 1.29 is 31.1 Å². The molecule has 7 nitrogen and oxygen atoms in total. The predicted octanol–water partition coefficient (Wildman–Crippen LogP) is 6.44. The van der Waals surface area contributed by atoms with Crippen LogP contribution >= 0.6 is 0 Å². The second-order valence-electron chi connectivity index (χ2n) is 12.1. The second kappa shape index (κ2) is 12.5. The maximum absolute atomic E-state index is 14.4. The largest absolute Gasteiger partial charge is 0.417 e. The Kier molecular flexibility index (Phi) is 9.60. The minimum Gasteiger partial charge on any atom is -0.381 e. The van der Waals surface area contributed by atoms with Crippen molar-refractivity contribution in [2.75, 3.05) is 13.2 Å². The summed E-state index contributed by atoms with van der Waals surface area (Å²) in [4.78, 5) is 12.6. The van der Waals surface area contributed by atoms with Crippen molar-refractivity contribution in [2.24, 2.45) is 5.92 Å². The number of hydrogen-bond acceptors (Lipinski definition) is 4. The number of rotatable bonds is 9. The van der Waals surface area contributed by atoms with Crippen LogP contribution in [0.5, 0.6) is 0 Å². The first-order valence-electron chi connectivity index (χ1n) is 14.6. The molecule has 0 spiro atoms. The van der Waals surface area contributed by atoms with E-state index in [1.165, 1.54) is 12.5 Å². The van der Waals surface area contributed by atoms with Crippen molar-refractivity contribution in [1.82, 2.24) is 14.6 Å². The summed E-state index contributed by atoms with van der Waals surface area (Å²) in [5, 5.41) is 3.06. The lowest BCUT2D eigenvalue weighted by atomic mass is 9.89. The second-order valence-corrected chi connectivity index (χ2v) is 13.7. The van der Waals surface area contributed by atoms with Gasteiger partial charge in [-0.25, -0.2) is 13.1 Å². The Morgan fingerprint density at radius 1 is 1.05 bits per heavy atom. The van der Waals surface area contributed by atoms with Crippen molar-refractivity contribution in [1.29, 1.82) is 0 Å². The fraction of sp³-hybridized carbons (Fsp3) is 0.633. The summed E-state index contributed by atoms with van der Waals surface area (Å²) in [6, 6.07) is 4.97. The monoisotopic (exact) mass is 597 g/mol. The molecule has 41 heavy (non-hydrogen) atoms. The molecular formula is C30H42F3N3O4S. The molecule has 228 valence electrons. The lowest BCUT2D eigenvalue weighted by Gasteiger charge is -2.26. The summed E-state index contributed by atoms with van der Waals surface area (Å²) in [6.45, 7) is 8.55. The van der Waals surface area contributed by atoms with E-state index in [4.69, 9.17) is 4.74 Å². The number of nitrogens with zero attached hydrogens (tertiary/aromatic N) is 1. The zero-order valence-corrected chi connectivity index (χ0v) is 25.2.